The van der Waals surface area contributed by atoms with Crippen molar-refractivity contribution in [3.05, 3.63) is 45.4 Å². The number of aryl methyl sites for hydroxylation is 1. The minimum atomic E-state index is -4.07. The van der Waals surface area contributed by atoms with E-state index in [4.69, 9.17) is 9.29 Å². The van der Waals surface area contributed by atoms with Crippen molar-refractivity contribution in [2.75, 3.05) is 18.9 Å². The third-order valence-electron chi connectivity index (χ3n) is 4.61. The molecule has 0 atom stereocenters. The summed E-state index contributed by atoms with van der Waals surface area (Å²) in [6.07, 6.45) is 2.03. The van der Waals surface area contributed by atoms with Crippen molar-refractivity contribution >= 4 is 16.0 Å². The Hall–Kier alpha value is -2.72. The van der Waals surface area contributed by atoms with E-state index in [1.807, 2.05) is 20.8 Å². The minimum absolute atomic E-state index is 0.0856. The average molecular weight is 452 g/mol. The Kier molecular flexibility index (Phi) is 8.76. The molecule has 0 radical (unpaired) electrons. The number of amides is 1. The van der Waals surface area contributed by atoms with Crippen LogP contribution in [0, 0.1) is 0 Å². The second kappa shape index (κ2) is 11.1. The first kappa shape index (κ1) is 24.5. The number of nitrogens with zero attached hydrogens (tertiary/aromatic N) is 1. The SMILES string of the molecule is CCCOc1ccc(C(=O)NCCCS(=O)(=O)O)cc1-c1nc(CC)c(CC)c(=O)[nH]1. The van der Waals surface area contributed by atoms with E-state index < -0.39 is 21.8 Å². The van der Waals surface area contributed by atoms with E-state index in [0.717, 1.165) is 6.42 Å². The van der Waals surface area contributed by atoms with Crippen LogP contribution in [0.2, 0.25) is 0 Å². The van der Waals surface area contributed by atoms with Gasteiger partial charge in [-0.15, -0.1) is 0 Å². The van der Waals surface area contributed by atoms with Crippen molar-refractivity contribution < 1.29 is 22.5 Å². The molecule has 0 aliphatic carbocycles. The fraction of sp³-hybridized carbons (Fsp3) is 0.476. The highest BCUT2D eigenvalue weighted by atomic mass is 32.2. The summed E-state index contributed by atoms with van der Waals surface area (Å²) < 4.78 is 36.1. The Labute approximate surface area is 182 Å². The van der Waals surface area contributed by atoms with Crippen LogP contribution in [0.5, 0.6) is 5.75 Å². The summed E-state index contributed by atoms with van der Waals surface area (Å²) in [6.45, 7) is 6.34. The number of hydrogen-bond donors (Lipinski definition) is 3. The van der Waals surface area contributed by atoms with Gasteiger partial charge in [0, 0.05) is 17.7 Å². The van der Waals surface area contributed by atoms with Crippen LogP contribution < -0.4 is 15.6 Å². The Morgan fingerprint density at radius 3 is 2.58 bits per heavy atom. The molecule has 9 nitrogen and oxygen atoms in total. The zero-order valence-corrected chi connectivity index (χ0v) is 18.8. The van der Waals surface area contributed by atoms with E-state index in [1.54, 1.807) is 18.2 Å². The van der Waals surface area contributed by atoms with Gasteiger partial charge in [-0.2, -0.15) is 8.42 Å². The number of benzene rings is 1. The highest BCUT2D eigenvalue weighted by molar-refractivity contribution is 7.85. The van der Waals surface area contributed by atoms with Crippen LogP contribution in [0.3, 0.4) is 0 Å². The second-order valence-corrected chi connectivity index (χ2v) is 8.57. The maximum Gasteiger partial charge on any atom is 0.264 e. The molecule has 0 unspecified atom stereocenters. The van der Waals surface area contributed by atoms with Gasteiger partial charge in [0.25, 0.3) is 21.6 Å². The molecule has 2 aromatic rings. The number of ether oxygens (including phenoxy) is 1. The Balaban J connectivity index is 2.37. The molecule has 0 spiro atoms. The van der Waals surface area contributed by atoms with E-state index in [0.29, 0.717) is 53.4 Å². The molecule has 1 heterocycles. The second-order valence-electron chi connectivity index (χ2n) is 7.00. The molecule has 2 rings (SSSR count). The summed E-state index contributed by atoms with van der Waals surface area (Å²) in [4.78, 5) is 32.5. The van der Waals surface area contributed by atoms with Gasteiger partial charge < -0.3 is 15.0 Å². The zero-order chi connectivity index (χ0) is 23.0. The van der Waals surface area contributed by atoms with Gasteiger partial charge in [0.15, 0.2) is 0 Å². The summed E-state index contributed by atoms with van der Waals surface area (Å²) >= 11 is 0. The summed E-state index contributed by atoms with van der Waals surface area (Å²) in [5, 5.41) is 2.62. The molecular formula is C21H29N3O6S. The molecule has 3 N–H and O–H groups in total. The number of carbonyl (C=O) groups is 1. The molecular weight excluding hydrogens is 422 g/mol. The molecule has 0 bridgehead atoms. The fourth-order valence-electron chi connectivity index (χ4n) is 3.08. The summed E-state index contributed by atoms with van der Waals surface area (Å²) in [5.41, 5.74) is 1.92. The lowest BCUT2D eigenvalue weighted by Gasteiger charge is -2.14. The predicted octanol–water partition coefficient (Wildman–Crippen LogP) is 2.36. The molecule has 0 aliphatic rings. The lowest BCUT2D eigenvalue weighted by molar-refractivity contribution is 0.0953. The maximum atomic E-state index is 12.5. The molecule has 170 valence electrons. The Morgan fingerprint density at radius 1 is 1.23 bits per heavy atom. The van der Waals surface area contributed by atoms with Gasteiger partial charge in [-0.05, 0) is 43.9 Å². The van der Waals surface area contributed by atoms with E-state index in [2.05, 4.69) is 15.3 Å². The van der Waals surface area contributed by atoms with Crippen molar-refractivity contribution in [2.24, 2.45) is 0 Å². The van der Waals surface area contributed by atoms with E-state index in [-0.39, 0.29) is 18.5 Å². The van der Waals surface area contributed by atoms with Crippen LogP contribution in [0.4, 0.5) is 0 Å². The molecule has 1 aromatic carbocycles. The van der Waals surface area contributed by atoms with Crippen LogP contribution in [-0.2, 0) is 23.0 Å². The van der Waals surface area contributed by atoms with Crippen LogP contribution in [-0.4, -0.2) is 47.8 Å². The highest BCUT2D eigenvalue weighted by Crippen LogP contribution is 2.29. The Bertz CT molecular complexity index is 1080. The van der Waals surface area contributed by atoms with E-state index >= 15 is 0 Å². The molecule has 0 fully saturated rings. The monoisotopic (exact) mass is 451 g/mol. The number of aromatic nitrogens is 2. The van der Waals surface area contributed by atoms with Gasteiger partial charge in [0.1, 0.15) is 11.6 Å². The first-order valence-corrected chi connectivity index (χ1v) is 11.9. The van der Waals surface area contributed by atoms with Crippen LogP contribution >= 0.6 is 0 Å². The fourth-order valence-corrected chi connectivity index (χ4v) is 3.59. The Morgan fingerprint density at radius 2 is 1.97 bits per heavy atom. The first-order valence-electron chi connectivity index (χ1n) is 10.3. The molecule has 0 saturated heterocycles. The molecule has 31 heavy (non-hydrogen) atoms. The topological polar surface area (TPSA) is 138 Å². The third kappa shape index (κ3) is 6.90. The number of hydrogen-bond acceptors (Lipinski definition) is 6. The van der Waals surface area contributed by atoms with Crippen molar-refractivity contribution in [3.8, 4) is 17.1 Å². The molecule has 1 aromatic heterocycles. The third-order valence-corrected chi connectivity index (χ3v) is 5.42. The van der Waals surface area contributed by atoms with Gasteiger partial charge in [0.05, 0.1) is 23.6 Å². The van der Waals surface area contributed by atoms with Gasteiger partial charge in [-0.25, -0.2) is 4.98 Å². The highest BCUT2D eigenvalue weighted by Gasteiger charge is 2.17. The number of rotatable bonds is 11. The van der Waals surface area contributed by atoms with Crippen molar-refractivity contribution in [1.82, 2.24) is 15.3 Å². The number of H-pyrrole nitrogens is 1. The average Bonchev–Trinajstić information content (AvgIpc) is 2.73. The quantitative estimate of drug-likeness (QED) is 0.352. The van der Waals surface area contributed by atoms with E-state index in [1.165, 1.54) is 0 Å². The van der Waals surface area contributed by atoms with E-state index in [9.17, 15) is 18.0 Å². The normalized spacial score (nSPS) is 11.4. The van der Waals surface area contributed by atoms with Crippen LogP contribution in [0.15, 0.2) is 23.0 Å². The lowest BCUT2D eigenvalue weighted by Crippen LogP contribution is -2.26. The van der Waals surface area contributed by atoms with Gasteiger partial charge >= 0.3 is 0 Å². The zero-order valence-electron chi connectivity index (χ0n) is 18.0. The first-order chi connectivity index (χ1) is 14.7. The van der Waals surface area contributed by atoms with Crippen molar-refractivity contribution in [2.45, 2.75) is 46.5 Å². The standard InChI is InChI=1S/C21H29N3O6S/c1-4-11-30-18-9-8-14(20(25)22-10-7-12-31(27,28)29)13-16(18)19-23-17(6-3)15(5-2)21(26)24-19/h8-9,13H,4-7,10-12H2,1-3H3,(H,22,25)(H,23,24,26)(H,27,28,29). The number of carbonyl (C=O) groups excluding carboxylic acids is 1. The number of nitrogens with one attached hydrogen (secondary N) is 2. The molecule has 1 amide bonds. The van der Waals surface area contributed by atoms with Crippen LogP contribution in [0.25, 0.3) is 11.4 Å². The summed E-state index contributed by atoms with van der Waals surface area (Å²) in [5.74, 6) is -0.0240. The van der Waals surface area contributed by atoms with Crippen LogP contribution in [0.1, 0.15) is 55.2 Å². The largest absolute Gasteiger partial charge is 0.493 e. The predicted molar refractivity (Wildman–Crippen MR) is 118 cm³/mol. The minimum Gasteiger partial charge on any atom is -0.493 e. The van der Waals surface area contributed by atoms with Crippen molar-refractivity contribution in [3.63, 3.8) is 0 Å². The smallest absolute Gasteiger partial charge is 0.264 e. The maximum absolute atomic E-state index is 12.5. The molecule has 0 saturated carbocycles. The molecule has 10 heteroatoms. The number of aromatic amines is 1. The molecule has 0 aliphatic heterocycles. The summed E-state index contributed by atoms with van der Waals surface area (Å²) in [6, 6.07) is 4.83. The lowest BCUT2D eigenvalue weighted by atomic mass is 10.1. The van der Waals surface area contributed by atoms with Gasteiger partial charge in [0.2, 0.25) is 0 Å². The van der Waals surface area contributed by atoms with Crippen molar-refractivity contribution in [1.29, 1.82) is 0 Å². The van der Waals surface area contributed by atoms with Gasteiger partial charge in [-0.3, -0.25) is 14.1 Å². The van der Waals surface area contributed by atoms with Gasteiger partial charge in [-0.1, -0.05) is 20.8 Å². The summed E-state index contributed by atoms with van der Waals surface area (Å²) in [7, 11) is -4.07.